The summed E-state index contributed by atoms with van der Waals surface area (Å²) in [6, 6.07) is 20.9. The van der Waals surface area contributed by atoms with E-state index in [1.165, 1.54) is 10.4 Å². The van der Waals surface area contributed by atoms with Gasteiger partial charge in [0.1, 0.15) is 5.82 Å². The maximum absolute atomic E-state index is 12.6. The molecule has 2 aromatic carbocycles. The van der Waals surface area contributed by atoms with E-state index in [4.69, 9.17) is 9.97 Å². The first-order valence-electron chi connectivity index (χ1n) is 12.7. The van der Waals surface area contributed by atoms with Crippen molar-refractivity contribution in [3.8, 4) is 10.4 Å². The topological polar surface area (TPSA) is 70.2 Å². The van der Waals surface area contributed by atoms with Gasteiger partial charge in [0.05, 0.1) is 11.9 Å². The third-order valence-corrected chi connectivity index (χ3v) is 7.88. The van der Waals surface area contributed by atoms with Crippen LogP contribution in [-0.2, 0) is 11.2 Å². The Morgan fingerprint density at radius 1 is 1.00 bits per heavy atom. The lowest BCUT2D eigenvalue weighted by atomic mass is 9.86. The molecule has 0 spiro atoms. The quantitative estimate of drug-likeness (QED) is 0.323. The zero-order valence-electron chi connectivity index (χ0n) is 20.9. The average Bonchev–Trinajstić information content (AvgIpc) is 3.36. The number of amides is 1. The Labute approximate surface area is 216 Å². The molecular weight excluding hydrogens is 466 g/mol. The largest absolute Gasteiger partial charge is 0.362 e. The summed E-state index contributed by atoms with van der Waals surface area (Å²) in [7, 11) is 4.03. The molecule has 0 aliphatic heterocycles. The number of carbonyl (C=O) groups is 1. The van der Waals surface area contributed by atoms with Gasteiger partial charge in [-0.3, -0.25) is 4.79 Å². The number of benzene rings is 2. The monoisotopic (exact) mass is 499 g/mol. The Morgan fingerprint density at radius 3 is 2.53 bits per heavy atom. The lowest BCUT2D eigenvalue weighted by Crippen LogP contribution is -2.34. The van der Waals surface area contributed by atoms with Crippen LogP contribution in [0.2, 0.25) is 0 Å². The van der Waals surface area contributed by atoms with Gasteiger partial charge in [-0.2, -0.15) is 4.98 Å². The fourth-order valence-corrected chi connectivity index (χ4v) is 5.81. The van der Waals surface area contributed by atoms with E-state index in [1.807, 2.05) is 55.4 Å². The lowest BCUT2D eigenvalue weighted by Gasteiger charge is -2.29. The molecule has 2 heterocycles. The minimum Gasteiger partial charge on any atom is -0.362 e. The van der Waals surface area contributed by atoms with Gasteiger partial charge in [-0.1, -0.05) is 42.5 Å². The molecule has 0 unspecified atom stereocenters. The van der Waals surface area contributed by atoms with E-state index in [9.17, 15) is 4.79 Å². The Hall–Kier alpha value is -3.45. The van der Waals surface area contributed by atoms with Crippen LogP contribution in [0.1, 0.15) is 31.2 Å². The summed E-state index contributed by atoms with van der Waals surface area (Å²) in [6.07, 6.45) is 4.72. The smallest absolute Gasteiger partial charge is 0.225 e. The van der Waals surface area contributed by atoms with Gasteiger partial charge in [0.25, 0.3) is 0 Å². The number of aromatic nitrogens is 2. The minimum absolute atomic E-state index is 0.105. The van der Waals surface area contributed by atoms with Crippen molar-refractivity contribution >= 4 is 39.9 Å². The molecule has 1 amide bonds. The van der Waals surface area contributed by atoms with Crippen LogP contribution in [0.3, 0.4) is 0 Å². The van der Waals surface area contributed by atoms with E-state index < -0.39 is 0 Å². The number of fused-ring (bicyclic) bond motifs is 1. The summed E-state index contributed by atoms with van der Waals surface area (Å²) in [5.74, 6) is 2.25. The van der Waals surface area contributed by atoms with Crippen LogP contribution >= 0.6 is 11.3 Å². The van der Waals surface area contributed by atoms with Crippen LogP contribution in [-0.4, -0.2) is 42.6 Å². The zero-order chi connectivity index (χ0) is 24.9. The van der Waals surface area contributed by atoms with Gasteiger partial charge in [-0.25, -0.2) is 4.98 Å². The molecule has 6 nitrogen and oxygen atoms in total. The molecule has 36 heavy (non-hydrogen) atoms. The number of nitrogens with one attached hydrogen (secondary N) is 2. The molecule has 5 rings (SSSR count). The SMILES string of the molecule is CN(C)c1nc(N[C@H]2CC[C@@H](CNC(=O)Cc3csc(-c4ccccc4)c3)CC2)nc2ccccc12. The van der Waals surface area contributed by atoms with Crippen molar-refractivity contribution in [2.45, 2.75) is 38.1 Å². The van der Waals surface area contributed by atoms with Gasteiger partial charge in [-0.05, 0) is 66.3 Å². The van der Waals surface area contributed by atoms with E-state index in [1.54, 1.807) is 11.3 Å². The molecule has 2 N–H and O–H groups in total. The van der Waals surface area contributed by atoms with Crippen molar-refractivity contribution < 1.29 is 4.79 Å². The van der Waals surface area contributed by atoms with E-state index in [0.29, 0.717) is 24.3 Å². The van der Waals surface area contributed by atoms with Crippen molar-refractivity contribution in [2.24, 2.45) is 5.92 Å². The number of hydrogen-bond donors (Lipinski definition) is 2. The Bertz CT molecular complexity index is 1310. The van der Waals surface area contributed by atoms with Crippen LogP contribution in [0.5, 0.6) is 0 Å². The minimum atomic E-state index is 0.105. The lowest BCUT2D eigenvalue weighted by molar-refractivity contribution is -0.120. The van der Waals surface area contributed by atoms with Crippen LogP contribution in [0.4, 0.5) is 11.8 Å². The maximum Gasteiger partial charge on any atom is 0.225 e. The highest BCUT2D eigenvalue weighted by atomic mass is 32.1. The summed E-state index contributed by atoms with van der Waals surface area (Å²) in [5, 5.41) is 9.89. The molecule has 0 bridgehead atoms. The molecule has 1 aliphatic carbocycles. The first-order chi connectivity index (χ1) is 17.5. The number of thiophene rings is 1. The fourth-order valence-electron chi connectivity index (χ4n) is 4.89. The average molecular weight is 500 g/mol. The van der Waals surface area contributed by atoms with E-state index in [-0.39, 0.29) is 5.91 Å². The van der Waals surface area contributed by atoms with Crippen LogP contribution < -0.4 is 15.5 Å². The van der Waals surface area contributed by atoms with Crippen molar-refractivity contribution in [1.82, 2.24) is 15.3 Å². The predicted molar refractivity (Wildman–Crippen MR) is 150 cm³/mol. The summed E-state index contributed by atoms with van der Waals surface area (Å²) < 4.78 is 0. The second kappa shape index (κ2) is 11.1. The predicted octanol–water partition coefficient (Wildman–Crippen LogP) is 5.75. The number of hydrogen-bond acceptors (Lipinski definition) is 6. The Kier molecular flexibility index (Phi) is 7.47. The van der Waals surface area contributed by atoms with Gasteiger partial charge in [0.2, 0.25) is 11.9 Å². The van der Waals surface area contributed by atoms with E-state index in [0.717, 1.165) is 54.5 Å². The number of rotatable bonds is 8. The van der Waals surface area contributed by atoms with Crippen LogP contribution in [0.15, 0.2) is 66.0 Å². The second-order valence-corrected chi connectivity index (χ2v) is 10.7. The van der Waals surface area contributed by atoms with Gasteiger partial charge < -0.3 is 15.5 Å². The summed E-state index contributed by atoms with van der Waals surface area (Å²) >= 11 is 1.69. The van der Waals surface area contributed by atoms with E-state index >= 15 is 0 Å². The van der Waals surface area contributed by atoms with Gasteiger partial charge >= 0.3 is 0 Å². The number of para-hydroxylation sites is 1. The molecule has 0 radical (unpaired) electrons. The normalized spacial score (nSPS) is 17.6. The first kappa shape index (κ1) is 24.3. The Balaban J connectivity index is 1.09. The first-order valence-corrected chi connectivity index (χ1v) is 13.5. The molecule has 7 heteroatoms. The fraction of sp³-hybridized carbons (Fsp3) is 0.345. The summed E-state index contributed by atoms with van der Waals surface area (Å²) in [5.41, 5.74) is 3.24. The highest BCUT2D eigenvalue weighted by Gasteiger charge is 2.23. The van der Waals surface area contributed by atoms with Crippen LogP contribution in [0.25, 0.3) is 21.3 Å². The third-order valence-electron chi connectivity index (χ3n) is 6.85. The van der Waals surface area contributed by atoms with Gasteiger partial charge in [0, 0.05) is 36.9 Å². The van der Waals surface area contributed by atoms with Crippen LogP contribution in [0, 0.1) is 5.92 Å². The summed E-state index contributed by atoms with van der Waals surface area (Å²) in [4.78, 5) is 25.3. The number of nitrogens with zero attached hydrogens (tertiary/aromatic N) is 3. The molecular formula is C29H33N5OS. The van der Waals surface area contributed by atoms with E-state index in [2.05, 4.69) is 40.3 Å². The molecule has 1 saturated carbocycles. The number of carbonyl (C=O) groups excluding carboxylic acids is 1. The molecule has 0 atom stereocenters. The van der Waals surface area contributed by atoms with Crippen molar-refractivity contribution in [3.05, 3.63) is 71.6 Å². The highest BCUT2D eigenvalue weighted by molar-refractivity contribution is 7.13. The molecule has 186 valence electrons. The number of anilines is 2. The standard InChI is InChI=1S/C29H33N5OS/c1-34(2)28-24-10-6-7-11-25(24)32-29(33-28)31-23-14-12-20(13-15-23)18-30-27(35)17-21-16-26(36-19-21)22-8-4-3-5-9-22/h3-11,16,19-20,23H,12-15,17-18H2,1-2H3,(H,30,35)(H,31,32,33)/t20-,23+. The maximum atomic E-state index is 12.6. The molecule has 1 fully saturated rings. The zero-order valence-corrected chi connectivity index (χ0v) is 21.7. The second-order valence-electron chi connectivity index (χ2n) is 9.81. The summed E-state index contributed by atoms with van der Waals surface area (Å²) in [6.45, 7) is 0.748. The van der Waals surface area contributed by atoms with Gasteiger partial charge in [-0.15, -0.1) is 11.3 Å². The third kappa shape index (κ3) is 5.85. The van der Waals surface area contributed by atoms with Crippen molar-refractivity contribution in [3.63, 3.8) is 0 Å². The van der Waals surface area contributed by atoms with Crippen molar-refractivity contribution in [2.75, 3.05) is 30.9 Å². The molecule has 0 saturated heterocycles. The highest BCUT2D eigenvalue weighted by Crippen LogP contribution is 2.29. The van der Waals surface area contributed by atoms with Crippen molar-refractivity contribution in [1.29, 1.82) is 0 Å². The van der Waals surface area contributed by atoms with Gasteiger partial charge in [0.15, 0.2) is 0 Å². The molecule has 2 aromatic heterocycles. The molecule has 1 aliphatic rings. The molecule has 4 aromatic rings. The Morgan fingerprint density at radius 2 is 1.75 bits per heavy atom.